The van der Waals surface area contributed by atoms with Crippen molar-refractivity contribution in [3.63, 3.8) is 0 Å². The summed E-state index contributed by atoms with van der Waals surface area (Å²) in [5.74, 6) is -1.92. The maximum absolute atomic E-state index is 14.1. The van der Waals surface area contributed by atoms with Gasteiger partial charge in [-0.05, 0) is 66.1 Å². The Morgan fingerprint density at radius 2 is 1.65 bits per heavy atom. The lowest BCUT2D eigenvalue weighted by molar-refractivity contribution is -0.172. The van der Waals surface area contributed by atoms with Crippen LogP contribution in [0.2, 0.25) is 0 Å². The highest BCUT2D eigenvalue weighted by atomic mass is 35.5. The van der Waals surface area contributed by atoms with E-state index in [1.165, 1.54) is 12.4 Å². The SMILES string of the molecule is COc1cccc(OC)c1C12CC3CC(c4cccc5ccccc45)(C1)C(C(=O)O)C(NC(=O)n1cccn1)(C3)C2NS(=O)(=O)CCN.Cl. The van der Waals surface area contributed by atoms with Gasteiger partial charge in [0.05, 0.1) is 37.5 Å². The van der Waals surface area contributed by atoms with Gasteiger partial charge in [-0.15, -0.1) is 12.4 Å². The Bertz CT molecular complexity index is 1980. The molecule has 12 nitrogen and oxygen atoms in total. The smallest absolute Gasteiger partial charge is 0.342 e. The number of rotatable bonds is 10. The molecule has 0 aliphatic heterocycles. The fourth-order valence-corrected chi connectivity index (χ4v) is 11.1. The van der Waals surface area contributed by atoms with Crippen molar-refractivity contribution in [2.75, 3.05) is 26.5 Å². The summed E-state index contributed by atoms with van der Waals surface area (Å²) >= 11 is 0. The zero-order chi connectivity index (χ0) is 33.9. The quantitative estimate of drug-likeness (QED) is 0.191. The molecule has 0 radical (unpaired) electrons. The molecule has 14 heteroatoms. The van der Waals surface area contributed by atoms with Crippen molar-refractivity contribution >= 4 is 45.2 Å². The number of carboxylic acids is 1. The first-order chi connectivity index (χ1) is 23.0. The molecule has 0 saturated heterocycles. The Morgan fingerprint density at radius 1 is 0.980 bits per heavy atom. The third-order valence-electron chi connectivity index (χ3n) is 10.9. The maximum Gasteiger partial charge on any atom is 0.342 e. The van der Waals surface area contributed by atoms with Crippen LogP contribution in [0.3, 0.4) is 0 Å². The van der Waals surface area contributed by atoms with Gasteiger partial charge in [0, 0.05) is 35.3 Å². The molecule has 4 saturated carbocycles. The number of carboxylic acid groups (broad SMARTS) is 1. The Labute approximate surface area is 290 Å². The first-order valence-corrected chi connectivity index (χ1v) is 17.6. The lowest BCUT2D eigenvalue weighted by atomic mass is 9.34. The second-order valence-electron chi connectivity index (χ2n) is 13.4. The number of aromatic nitrogens is 2. The van der Waals surface area contributed by atoms with Gasteiger partial charge in [0.15, 0.2) is 0 Å². The average molecular weight is 710 g/mol. The summed E-state index contributed by atoms with van der Waals surface area (Å²) in [6.07, 6.45) is 4.41. The minimum absolute atomic E-state index is 0. The molecule has 8 rings (SSSR count). The first-order valence-electron chi connectivity index (χ1n) is 16.0. The number of hydrogen-bond acceptors (Lipinski definition) is 8. The van der Waals surface area contributed by atoms with Gasteiger partial charge in [-0.1, -0.05) is 48.5 Å². The Kier molecular flexibility index (Phi) is 8.93. The molecule has 6 atom stereocenters. The lowest BCUT2D eigenvalue weighted by Crippen LogP contribution is -2.85. The minimum Gasteiger partial charge on any atom is -0.496 e. The molecule has 260 valence electrons. The molecular formula is C35H40ClN5O7S. The van der Waals surface area contributed by atoms with Crippen molar-refractivity contribution in [2.24, 2.45) is 17.6 Å². The van der Waals surface area contributed by atoms with Gasteiger partial charge >= 0.3 is 12.0 Å². The number of hydrogen-bond donors (Lipinski definition) is 4. The third kappa shape index (κ3) is 5.25. The molecule has 4 aromatic rings. The highest BCUT2D eigenvalue weighted by molar-refractivity contribution is 7.89. The number of halogens is 1. The Balaban J connectivity index is 0.00000417. The van der Waals surface area contributed by atoms with Crippen molar-refractivity contribution in [1.82, 2.24) is 19.8 Å². The average Bonchev–Trinajstić information content (AvgIpc) is 3.61. The predicted molar refractivity (Wildman–Crippen MR) is 186 cm³/mol. The standard InChI is InChI=1S/C35H39N5O7S.ClH/c1-46-26-12-6-13-27(47-2)28(26)34-19-22-18-33(21-34,25-11-5-9-23-8-3-4-10-24(23)25)29(30(41)42)35(20-22,31(34)39-48(44,45)17-14-36)38-32(43)40-16-7-15-37-40;/h3-13,15-16,22,29,31,39H,14,17-21,36H2,1-2H3,(H,38,43)(H,41,42);1H. The molecule has 1 heterocycles. The van der Waals surface area contributed by atoms with Gasteiger partial charge in [0.25, 0.3) is 0 Å². The summed E-state index contributed by atoms with van der Waals surface area (Å²) in [5, 5.41) is 20.5. The molecule has 49 heavy (non-hydrogen) atoms. The highest BCUT2D eigenvalue weighted by Gasteiger charge is 2.77. The van der Waals surface area contributed by atoms with E-state index >= 15 is 0 Å². The van der Waals surface area contributed by atoms with Crippen LogP contribution in [-0.2, 0) is 25.6 Å². The minimum atomic E-state index is -4.08. The van der Waals surface area contributed by atoms with Gasteiger partial charge in [0.1, 0.15) is 11.5 Å². The predicted octanol–water partition coefficient (Wildman–Crippen LogP) is 3.81. The van der Waals surface area contributed by atoms with Crippen LogP contribution in [0.25, 0.3) is 10.8 Å². The summed E-state index contributed by atoms with van der Waals surface area (Å²) < 4.78 is 43.6. The van der Waals surface area contributed by atoms with E-state index in [-0.39, 0.29) is 43.5 Å². The molecule has 4 aliphatic rings. The van der Waals surface area contributed by atoms with Crippen LogP contribution in [0.4, 0.5) is 4.79 Å². The normalized spacial score (nSPS) is 28.5. The van der Waals surface area contributed by atoms with Gasteiger partial charge < -0.3 is 25.6 Å². The molecule has 0 spiro atoms. The van der Waals surface area contributed by atoms with Crippen LogP contribution in [0.15, 0.2) is 79.1 Å². The second-order valence-corrected chi connectivity index (χ2v) is 15.3. The molecule has 3 aromatic carbocycles. The van der Waals surface area contributed by atoms with Crippen molar-refractivity contribution in [2.45, 2.75) is 48.1 Å². The van der Waals surface area contributed by atoms with Crippen molar-refractivity contribution in [3.8, 4) is 11.5 Å². The molecule has 4 fully saturated rings. The molecular weight excluding hydrogens is 670 g/mol. The maximum atomic E-state index is 14.1. The fraction of sp³-hybridized carbons (Fsp3) is 0.400. The monoisotopic (exact) mass is 709 g/mol. The number of nitrogens with one attached hydrogen (secondary N) is 2. The molecule has 4 bridgehead atoms. The molecule has 1 aromatic heterocycles. The summed E-state index contributed by atoms with van der Waals surface area (Å²) in [6, 6.07) is 19.0. The number of sulfonamides is 1. The van der Waals surface area contributed by atoms with Gasteiger partial charge in [-0.3, -0.25) is 4.79 Å². The van der Waals surface area contributed by atoms with E-state index < -0.39 is 50.4 Å². The number of nitrogens with zero attached hydrogens (tertiary/aromatic N) is 2. The van der Waals surface area contributed by atoms with E-state index in [1.54, 1.807) is 38.5 Å². The number of carbonyl (C=O) groups excluding carboxylic acids is 1. The zero-order valence-electron chi connectivity index (χ0n) is 27.2. The summed E-state index contributed by atoms with van der Waals surface area (Å²) in [7, 11) is -0.993. The number of aliphatic carboxylic acids is 1. The molecule has 5 N–H and O–H groups in total. The second kappa shape index (κ2) is 12.6. The van der Waals surface area contributed by atoms with Crippen molar-refractivity contribution in [3.05, 3.63) is 90.3 Å². The third-order valence-corrected chi connectivity index (χ3v) is 12.3. The van der Waals surface area contributed by atoms with Gasteiger partial charge in [0.2, 0.25) is 10.0 Å². The number of methoxy groups -OCH3 is 2. The zero-order valence-corrected chi connectivity index (χ0v) is 28.8. The van der Waals surface area contributed by atoms with E-state index in [0.717, 1.165) is 21.0 Å². The van der Waals surface area contributed by atoms with Gasteiger partial charge in [-0.2, -0.15) is 9.78 Å². The van der Waals surface area contributed by atoms with E-state index in [1.807, 2.05) is 42.5 Å². The number of nitrogens with two attached hydrogens (primary N) is 1. The van der Waals surface area contributed by atoms with E-state index in [9.17, 15) is 23.1 Å². The summed E-state index contributed by atoms with van der Waals surface area (Å²) in [5.41, 5.74) is 3.47. The summed E-state index contributed by atoms with van der Waals surface area (Å²) in [6.45, 7) is -0.148. The van der Waals surface area contributed by atoms with Crippen LogP contribution in [0.5, 0.6) is 11.5 Å². The number of benzene rings is 3. The Morgan fingerprint density at radius 3 is 2.31 bits per heavy atom. The van der Waals surface area contributed by atoms with Crippen LogP contribution < -0.4 is 25.2 Å². The first kappa shape index (κ1) is 34.7. The number of amides is 1. The summed E-state index contributed by atoms with van der Waals surface area (Å²) in [4.78, 5) is 28.1. The van der Waals surface area contributed by atoms with Crippen LogP contribution in [0, 0.1) is 11.8 Å². The molecule has 4 aliphatic carbocycles. The number of ether oxygens (including phenoxy) is 2. The molecule has 6 unspecified atom stereocenters. The van der Waals surface area contributed by atoms with Crippen LogP contribution in [-0.4, -0.2) is 73.4 Å². The fourth-order valence-electron chi connectivity index (χ4n) is 9.87. The number of carbonyl (C=O) groups is 2. The van der Waals surface area contributed by atoms with Crippen molar-refractivity contribution < 1.29 is 32.6 Å². The highest BCUT2D eigenvalue weighted by Crippen LogP contribution is 2.71. The number of fused-ring (bicyclic) bond motifs is 1. The van der Waals surface area contributed by atoms with E-state index in [4.69, 9.17) is 15.2 Å². The van der Waals surface area contributed by atoms with E-state index in [0.29, 0.717) is 29.9 Å². The molecule has 1 amide bonds. The lowest BCUT2D eigenvalue weighted by Gasteiger charge is -2.72. The van der Waals surface area contributed by atoms with Crippen LogP contribution in [0.1, 0.15) is 36.8 Å². The topological polar surface area (TPSA) is 175 Å². The Hall–Kier alpha value is -4.17. The van der Waals surface area contributed by atoms with E-state index in [2.05, 4.69) is 15.1 Å². The largest absolute Gasteiger partial charge is 0.496 e. The van der Waals surface area contributed by atoms with Crippen LogP contribution >= 0.6 is 12.4 Å². The van der Waals surface area contributed by atoms with Crippen molar-refractivity contribution in [1.29, 1.82) is 0 Å². The van der Waals surface area contributed by atoms with Gasteiger partial charge in [-0.25, -0.2) is 17.9 Å².